The van der Waals surface area contributed by atoms with Gasteiger partial charge in [-0.2, -0.15) is 5.10 Å². The van der Waals surface area contributed by atoms with Crippen molar-refractivity contribution < 1.29 is 9.47 Å². The second-order valence-electron chi connectivity index (χ2n) is 3.15. The van der Waals surface area contributed by atoms with Crippen LogP contribution >= 0.6 is 0 Å². The van der Waals surface area contributed by atoms with Crippen molar-refractivity contribution in [3.05, 3.63) is 6.20 Å². The first-order valence-electron chi connectivity index (χ1n) is 4.58. The molecule has 1 aliphatic rings. The van der Waals surface area contributed by atoms with Gasteiger partial charge in [-0.15, -0.1) is 0 Å². The first-order valence-corrected chi connectivity index (χ1v) is 4.58. The lowest BCUT2D eigenvalue weighted by atomic mass is 10.3. The van der Waals surface area contributed by atoms with Crippen molar-refractivity contribution in [2.75, 3.05) is 37.4 Å². The Morgan fingerprint density at radius 3 is 3.21 bits per heavy atom. The molecule has 0 aliphatic carbocycles. The minimum atomic E-state index is 0.0954. The maximum atomic E-state index is 5.60. The van der Waals surface area contributed by atoms with Crippen LogP contribution in [0.25, 0.3) is 0 Å². The molecule has 1 aromatic heterocycles. The molecule has 1 fully saturated rings. The van der Waals surface area contributed by atoms with Crippen LogP contribution in [-0.4, -0.2) is 42.7 Å². The Kier molecular flexibility index (Phi) is 2.85. The lowest BCUT2D eigenvalue weighted by molar-refractivity contribution is -0.0818. The number of H-pyrrole nitrogens is 1. The molecule has 2 heterocycles. The number of aromatic nitrogens is 2. The predicted octanol–water partition coefficient (Wildman–Crippen LogP) is -0.181. The molecule has 14 heavy (non-hydrogen) atoms. The van der Waals surface area contributed by atoms with E-state index in [9.17, 15) is 0 Å². The minimum absolute atomic E-state index is 0.0954. The third kappa shape index (κ3) is 2.15. The lowest BCUT2D eigenvalue weighted by Crippen LogP contribution is -2.34. The van der Waals surface area contributed by atoms with E-state index in [2.05, 4.69) is 15.5 Å². The number of nitrogen functional groups attached to an aromatic ring is 1. The van der Waals surface area contributed by atoms with Gasteiger partial charge in [0.25, 0.3) is 0 Å². The average molecular weight is 198 g/mol. The van der Waals surface area contributed by atoms with Gasteiger partial charge >= 0.3 is 0 Å². The van der Waals surface area contributed by atoms with Gasteiger partial charge < -0.3 is 20.5 Å². The first-order chi connectivity index (χ1) is 6.86. The summed E-state index contributed by atoms with van der Waals surface area (Å²) in [5.41, 5.74) is 6.41. The van der Waals surface area contributed by atoms with E-state index in [-0.39, 0.29) is 6.10 Å². The zero-order valence-corrected chi connectivity index (χ0v) is 7.82. The van der Waals surface area contributed by atoms with Gasteiger partial charge in [0.05, 0.1) is 37.8 Å². The molecule has 0 spiro atoms. The molecule has 1 unspecified atom stereocenters. The highest BCUT2D eigenvalue weighted by Gasteiger charge is 2.14. The summed E-state index contributed by atoms with van der Waals surface area (Å²) in [6, 6.07) is 0. The molecule has 0 bridgehead atoms. The summed E-state index contributed by atoms with van der Waals surface area (Å²) in [6.07, 6.45) is 1.75. The summed E-state index contributed by atoms with van der Waals surface area (Å²) in [4.78, 5) is 0. The van der Waals surface area contributed by atoms with Gasteiger partial charge in [0.1, 0.15) is 5.82 Å². The number of nitrogens with zero attached hydrogens (tertiary/aromatic N) is 1. The molecule has 0 amide bonds. The quantitative estimate of drug-likeness (QED) is 0.627. The van der Waals surface area contributed by atoms with Crippen LogP contribution < -0.4 is 11.1 Å². The number of nitrogens with two attached hydrogens (primary N) is 1. The van der Waals surface area contributed by atoms with Crippen molar-refractivity contribution in [2.24, 2.45) is 0 Å². The van der Waals surface area contributed by atoms with Gasteiger partial charge in [-0.1, -0.05) is 0 Å². The molecule has 2 rings (SSSR count). The van der Waals surface area contributed by atoms with Crippen molar-refractivity contribution >= 4 is 11.5 Å². The highest BCUT2D eigenvalue weighted by molar-refractivity contribution is 5.59. The van der Waals surface area contributed by atoms with Crippen molar-refractivity contribution in [3.63, 3.8) is 0 Å². The zero-order chi connectivity index (χ0) is 9.80. The van der Waals surface area contributed by atoms with E-state index in [4.69, 9.17) is 15.2 Å². The van der Waals surface area contributed by atoms with E-state index in [1.807, 2.05) is 0 Å². The fraction of sp³-hybridized carbons (Fsp3) is 0.625. The summed E-state index contributed by atoms with van der Waals surface area (Å²) in [5.74, 6) is 0.543. The summed E-state index contributed by atoms with van der Waals surface area (Å²) in [6.45, 7) is 2.66. The van der Waals surface area contributed by atoms with E-state index in [1.54, 1.807) is 6.20 Å². The largest absolute Gasteiger partial charge is 0.382 e. The highest BCUT2D eigenvalue weighted by atomic mass is 16.6. The monoisotopic (exact) mass is 198 g/mol. The highest BCUT2D eigenvalue weighted by Crippen LogP contribution is 2.13. The number of hydrogen-bond donors (Lipinski definition) is 3. The summed E-state index contributed by atoms with van der Waals surface area (Å²) >= 11 is 0. The van der Waals surface area contributed by atoms with Gasteiger partial charge in [-0.05, 0) is 0 Å². The average Bonchev–Trinajstić information content (AvgIpc) is 2.63. The van der Waals surface area contributed by atoms with Gasteiger partial charge in [0.2, 0.25) is 0 Å². The van der Waals surface area contributed by atoms with Gasteiger partial charge in [-0.3, -0.25) is 5.10 Å². The number of ether oxygens (including phenoxy) is 2. The molecule has 0 radical (unpaired) electrons. The van der Waals surface area contributed by atoms with Crippen molar-refractivity contribution in [2.45, 2.75) is 6.10 Å². The third-order valence-electron chi connectivity index (χ3n) is 2.07. The molecule has 1 saturated heterocycles. The Hall–Kier alpha value is -1.27. The van der Waals surface area contributed by atoms with Crippen LogP contribution in [-0.2, 0) is 9.47 Å². The standard InChI is InChI=1S/C8H14N4O2/c9-8-7(4-11-12-8)10-3-6-5-13-1-2-14-6/h4,6,10H,1-3,5H2,(H3,9,11,12). The molecular formula is C8H14N4O2. The number of anilines is 2. The van der Waals surface area contributed by atoms with E-state index in [0.717, 1.165) is 5.69 Å². The molecule has 6 heteroatoms. The second kappa shape index (κ2) is 4.30. The SMILES string of the molecule is Nc1[nH]ncc1NCC1COCCO1. The molecule has 0 saturated carbocycles. The van der Waals surface area contributed by atoms with E-state index < -0.39 is 0 Å². The Labute approximate surface area is 81.8 Å². The van der Waals surface area contributed by atoms with Gasteiger partial charge in [0, 0.05) is 6.54 Å². The Morgan fingerprint density at radius 1 is 1.64 bits per heavy atom. The smallest absolute Gasteiger partial charge is 0.142 e. The van der Waals surface area contributed by atoms with Crippen LogP contribution in [0.1, 0.15) is 0 Å². The van der Waals surface area contributed by atoms with E-state index >= 15 is 0 Å². The summed E-state index contributed by atoms with van der Waals surface area (Å²) in [7, 11) is 0. The number of aromatic amines is 1. The second-order valence-corrected chi connectivity index (χ2v) is 3.15. The predicted molar refractivity (Wildman–Crippen MR) is 52.0 cm³/mol. The normalized spacial score (nSPS) is 22.1. The molecule has 6 nitrogen and oxygen atoms in total. The fourth-order valence-corrected chi connectivity index (χ4v) is 1.32. The Bertz CT molecular complexity index is 283. The fourth-order valence-electron chi connectivity index (χ4n) is 1.32. The molecule has 4 N–H and O–H groups in total. The summed E-state index contributed by atoms with van der Waals surface area (Å²) < 4.78 is 10.7. The van der Waals surface area contributed by atoms with Crippen molar-refractivity contribution in [1.82, 2.24) is 10.2 Å². The molecule has 78 valence electrons. The lowest BCUT2D eigenvalue weighted by Gasteiger charge is -2.23. The van der Waals surface area contributed by atoms with Crippen LogP contribution in [0.4, 0.5) is 11.5 Å². The maximum absolute atomic E-state index is 5.60. The molecule has 0 aromatic carbocycles. The Balaban J connectivity index is 1.79. The number of hydrogen-bond acceptors (Lipinski definition) is 5. The summed E-state index contributed by atoms with van der Waals surface area (Å²) in [5, 5.41) is 9.59. The molecule has 1 atom stereocenters. The maximum Gasteiger partial charge on any atom is 0.142 e. The third-order valence-corrected chi connectivity index (χ3v) is 2.07. The van der Waals surface area contributed by atoms with Gasteiger partial charge in [0.15, 0.2) is 0 Å². The minimum Gasteiger partial charge on any atom is -0.382 e. The molecule has 1 aromatic rings. The van der Waals surface area contributed by atoms with Crippen molar-refractivity contribution in [3.8, 4) is 0 Å². The molecule has 1 aliphatic heterocycles. The number of nitrogens with one attached hydrogen (secondary N) is 2. The van der Waals surface area contributed by atoms with Crippen LogP contribution in [0, 0.1) is 0 Å². The van der Waals surface area contributed by atoms with Crippen LogP contribution in [0.2, 0.25) is 0 Å². The van der Waals surface area contributed by atoms with Crippen LogP contribution in [0.5, 0.6) is 0 Å². The first kappa shape index (κ1) is 9.29. The van der Waals surface area contributed by atoms with E-state index in [1.165, 1.54) is 0 Å². The zero-order valence-electron chi connectivity index (χ0n) is 7.82. The number of rotatable bonds is 3. The van der Waals surface area contributed by atoms with Crippen molar-refractivity contribution in [1.29, 1.82) is 0 Å². The van der Waals surface area contributed by atoms with Crippen LogP contribution in [0.15, 0.2) is 6.20 Å². The van der Waals surface area contributed by atoms with E-state index in [0.29, 0.717) is 32.2 Å². The molecular weight excluding hydrogens is 184 g/mol. The van der Waals surface area contributed by atoms with Crippen LogP contribution in [0.3, 0.4) is 0 Å². The topological polar surface area (TPSA) is 85.2 Å². The Morgan fingerprint density at radius 2 is 2.57 bits per heavy atom. The van der Waals surface area contributed by atoms with Gasteiger partial charge in [-0.25, -0.2) is 0 Å².